The molecule has 0 bridgehead atoms. The van der Waals surface area contributed by atoms with Gasteiger partial charge in [-0.1, -0.05) is 0 Å². The Labute approximate surface area is 122 Å². The number of nitrogens with zero attached hydrogens (tertiary/aromatic N) is 1. The maximum absolute atomic E-state index is 11.9. The molecule has 2 aromatic rings. The van der Waals surface area contributed by atoms with Gasteiger partial charge in [0.15, 0.2) is 0 Å². The number of aromatic nitrogens is 1. The van der Waals surface area contributed by atoms with Gasteiger partial charge in [0.1, 0.15) is 0 Å². The van der Waals surface area contributed by atoms with Crippen LogP contribution in [0.2, 0.25) is 0 Å². The number of hydrogen-bond donors (Lipinski definition) is 3. The van der Waals surface area contributed by atoms with Crippen LogP contribution in [0.3, 0.4) is 0 Å². The molecule has 0 aliphatic rings. The van der Waals surface area contributed by atoms with Crippen molar-refractivity contribution in [1.29, 1.82) is 0 Å². The first-order valence-corrected chi connectivity index (χ1v) is 7.28. The third-order valence-electron chi connectivity index (χ3n) is 2.94. The molecule has 5 nitrogen and oxygen atoms in total. The predicted octanol–water partition coefficient (Wildman–Crippen LogP) is 2.89. The van der Waals surface area contributed by atoms with Crippen LogP contribution in [-0.2, 0) is 0 Å². The van der Waals surface area contributed by atoms with Crippen molar-refractivity contribution in [2.24, 2.45) is 0 Å². The van der Waals surface area contributed by atoms with Gasteiger partial charge in [-0.15, -0.1) is 11.3 Å². The standard InChI is InChI=1S/C14H19N3O2S/c1-9-15-11-5-4-10(8-12(11)20-9)16-13(19)17-14(2,3)6-7-18/h4-5,8,18H,6-7H2,1-3H3,(H2,16,17,19). The average molecular weight is 293 g/mol. The van der Waals surface area contributed by atoms with Gasteiger partial charge >= 0.3 is 6.03 Å². The first-order valence-electron chi connectivity index (χ1n) is 6.47. The first-order chi connectivity index (χ1) is 9.39. The lowest BCUT2D eigenvalue weighted by Crippen LogP contribution is -2.46. The molecule has 0 radical (unpaired) electrons. The number of aliphatic hydroxyl groups excluding tert-OH is 1. The molecule has 1 heterocycles. The van der Waals surface area contributed by atoms with E-state index in [1.807, 2.05) is 39.0 Å². The van der Waals surface area contributed by atoms with Gasteiger partial charge in [-0.25, -0.2) is 9.78 Å². The summed E-state index contributed by atoms with van der Waals surface area (Å²) in [5.41, 5.74) is 1.24. The van der Waals surface area contributed by atoms with Crippen molar-refractivity contribution in [3.8, 4) is 0 Å². The number of anilines is 1. The molecule has 20 heavy (non-hydrogen) atoms. The Balaban J connectivity index is 2.05. The lowest BCUT2D eigenvalue weighted by Gasteiger charge is -2.25. The fourth-order valence-corrected chi connectivity index (χ4v) is 2.80. The molecule has 6 heteroatoms. The van der Waals surface area contributed by atoms with E-state index in [4.69, 9.17) is 5.11 Å². The predicted molar refractivity (Wildman–Crippen MR) is 82.3 cm³/mol. The number of hydrogen-bond acceptors (Lipinski definition) is 4. The number of urea groups is 1. The van der Waals surface area contributed by atoms with Gasteiger partial charge in [-0.2, -0.15) is 0 Å². The molecule has 0 saturated carbocycles. The van der Waals surface area contributed by atoms with Gasteiger partial charge in [0.05, 0.1) is 15.2 Å². The molecule has 2 amide bonds. The Kier molecular flexibility index (Phi) is 4.25. The molecule has 0 spiro atoms. The first kappa shape index (κ1) is 14.7. The van der Waals surface area contributed by atoms with Crippen LogP contribution in [-0.4, -0.2) is 28.3 Å². The monoisotopic (exact) mass is 293 g/mol. The third-order valence-corrected chi connectivity index (χ3v) is 3.88. The van der Waals surface area contributed by atoms with Crippen molar-refractivity contribution >= 4 is 33.3 Å². The molecule has 3 N–H and O–H groups in total. The van der Waals surface area contributed by atoms with Crippen LogP contribution in [0.15, 0.2) is 18.2 Å². The number of amides is 2. The average Bonchev–Trinajstić information content (AvgIpc) is 2.67. The molecule has 0 aliphatic carbocycles. The summed E-state index contributed by atoms with van der Waals surface area (Å²) >= 11 is 1.60. The van der Waals surface area contributed by atoms with Crippen molar-refractivity contribution in [1.82, 2.24) is 10.3 Å². The van der Waals surface area contributed by atoms with Gasteiger partial charge in [0, 0.05) is 17.8 Å². The lowest BCUT2D eigenvalue weighted by molar-refractivity contribution is 0.218. The van der Waals surface area contributed by atoms with E-state index in [2.05, 4.69) is 15.6 Å². The molecule has 1 aromatic carbocycles. The minimum Gasteiger partial charge on any atom is -0.396 e. The number of benzene rings is 1. The Hall–Kier alpha value is -1.66. The Morgan fingerprint density at radius 1 is 1.45 bits per heavy atom. The van der Waals surface area contributed by atoms with Crippen LogP contribution in [0.1, 0.15) is 25.3 Å². The van der Waals surface area contributed by atoms with Gasteiger partial charge in [0.2, 0.25) is 0 Å². The zero-order chi connectivity index (χ0) is 14.8. The van der Waals surface area contributed by atoms with Crippen LogP contribution in [0.4, 0.5) is 10.5 Å². The highest BCUT2D eigenvalue weighted by molar-refractivity contribution is 7.18. The molecule has 0 aliphatic heterocycles. The zero-order valence-corrected chi connectivity index (χ0v) is 12.7. The smallest absolute Gasteiger partial charge is 0.319 e. The highest BCUT2D eigenvalue weighted by Gasteiger charge is 2.19. The van der Waals surface area contributed by atoms with Gasteiger partial charge < -0.3 is 15.7 Å². The number of carbonyl (C=O) groups is 1. The Morgan fingerprint density at radius 3 is 2.90 bits per heavy atom. The highest BCUT2D eigenvalue weighted by Crippen LogP contribution is 2.24. The molecule has 2 rings (SSSR count). The van der Waals surface area contributed by atoms with Crippen molar-refractivity contribution in [3.05, 3.63) is 23.2 Å². The molecule has 1 aromatic heterocycles. The van der Waals surface area contributed by atoms with E-state index in [-0.39, 0.29) is 12.6 Å². The summed E-state index contributed by atoms with van der Waals surface area (Å²) in [6.45, 7) is 5.75. The summed E-state index contributed by atoms with van der Waals surface area (Å²) in [5.74, 6) is 0. The third kappa shape index (κ3) is 3.68. The summed E-state index contributed by atoms with van der Waals surface area (Å²) in [7, 11) is 0. The Bertz CT molecular complexity index is 622. The van der Waals surface area contributed by atoms with Crippen LogP contribution >= 0.6 is 11.3 Å². The van der Waals surface area contributed by atoms with E-state index in [9.17, 15) is 4.79 Å². The van der Waals surface area contributed by atoms with Gasteiger partial charge in [0.25, 0.3) is 0 Å². The number of aliphatic hydroxyl groups is 1. The van der Waals surface area contributed by atoms with E-state index in [0.29, 0.717) is 6.42 Å². The summed E-state index contributed by atoms with van der Waals surface area (Å²) in [6, 6.07) is 5.37. The van der Waals surface area contributed by atoms with Crippen LogP contribution in [0, 0.1) is 6.92 Å². The van der Waals surface area contributed by atoms with E-state index < -0.39 is 5.54 Å². The minimum atomic E-state index is -0.440. The SMILES string of the molecule is Cc1nc2ccc(NC(=O)NC(C)(C)CCO)cc2s1. The summed E-state index contributed by atoms with van der Waals surface area (Å²) in [4.78, 5) is 16.3. The molecule has 0 saturated heterocycles. The quantitative estimate of drug-likeness (QED) is 0.811. The zero-order valence-electron chi connectivity index (χ0n) is 11.9. The van der Waals surface area contributed by atoms with Gasteiger partial charge in [-0.05, 0) is 45.4 Å². The largest absolute Gasteiger partial charge is 0.396 e. The second kappa shape index (κ2) is 5.76. The Morgan fingerprint density at radius 2 is 2.20 bits per heavy atom. The van der Waals surface area contributed by atoms with E-state index in [1.165, 1.54) is 0 Å². The molecule has 0 unspecified atom stereocenters. The molecule has 0 atom stereocenters. The van der Waals surface area contributed by atoms with Gasteiger partial charge in [-0.3, -0.25) is 0 Å². The summed E-state index contributed by atoms with van der Waals surface area (Å²) < 4.78 is 1.05. The highest BCUT2D eigenvalue weighted by atomic mass is 32.1. The second-order valence-corrected chi connectivity index (χ2v) is 6.59. The fraction of sp³-hybridized carbons (Fsp3) is 0.429. The number of rotatable bonds is 4. The van der Waals surface area contributed by atoms with Crippen molar-refractivity contribution in [2.75, 3.05) is 11.9 Å². The number of aryl methyl sites for hydroxylation is 1. The van der Waals surface area contributed by atoms with Crippen LogP contribution in [0.5, 0.6) is 0 Å². The molecular weight excluding hydrogens is 274 g/mol. The lowest BCUT2D eigenvalue weighted by atomic mass is 10.0. The summed E-state index contributed by atoms with van der Waals surface area (Å²) in [5, 5.41) is 15.6. The van der Waals surface area contributed by atoms with Crippen molar-refractivity contribution in [2.45, 2.75) is 32.7 Å². The number of carbonyl (C=O) groups excluding carboxylic acids is 1. The van der Waals surface area contributed by atoms with E-state index in [0.717, 1.165) is 20.9 Å². The number of thiazole rings is 1. The molecular formula is C14H19N3O2S. The van der Waals surface area contributed by atoms with Crippen molar-refractivity contribution < 1.29 is 9.90 Å². The minimum absolute atomic E-state index is 0.0411. The number of fused-ring (bicyclic) bond motifs is 1. The maximum atomic E-state index is 11.9. The second-order valence-electron chi connectivity index (χ2n) is 5.35. The molecule has 108 valence electrons. The topological polar surface area (TPSA) is 74.2 Å². The fourth-order valence-electron chi connectivity index (χ4n) is 1.93. The number of nitrogens with one attached hydrogen (secondary N) is 2. The van der Waals surface area contributed by atoms with E-state index >= 15 is 0 Å². The van der Waals surface area contributed by atoms with E-state index in [1.54, 1.807) is 11.3 Å². The van der Waals surface area contributed by atoms with Crippen molar-refractivity contribution in [3.63, 3.8) is 0 Å². The molecule has 0 fully saturated rings. The van der Waals surface area contributed by atoms with Crippen LogP contribution < -0.4 is 10.6 Å². The normalized spacial score (nSPS) is 11.6. The maximum Gasteiger partial charge on any atom is 0.319 e. The van der Waals surface area contributed by atoms with Crippen LogP contribution in [0.25, 0.3) is 10.2 Å². The summed E-state index contributed by atoms with van der Waals surface area (Å²) in [6.07, 6.45) is 0.507.